The highest BCUT2D eigenvalue weighted by atomic mass is 19.1. The topological polar surface area (TPSA) is 56.6 Å². The van der Waals surface area contributed by atoms with Crippen molar-refractivity contribution in [1.29, 1.82) is 0 Å². The van der Waals surface area contributed by atoms with Crippen LogP contribution in [0.3, 0.4) is 0 Å². The first-order chi connectivity index (χ1) is 17.4. The van der Waals surface area contributed by atoms with Gasteiger partial charge < -0.3 is 14.4 Å². The van der Waals surface area contributed by atoms with E-state index in [1.165, 1.54) is 12.1 Å². The van der Waals surface area contributed by atoms with Crippen LogP contribution >= 0.6 is 0 Å². The molecule has 6 nitrogen and oxygen atoms in total. The van der Waals surface area contributed by atoms with Crippen LogP contribution in [0.25, 0.3) is 11.3 Å². The van der Waals surface area contributed by atoms with Gasteiger partial charge in [0.1, 0.15) is 23.0 Å². The Hall–Kier alpha value is -4.13. The molecule has 4 aromatic rings. The maximum Gasteiger partial charge on any atom is 0.257 e. The van der Waals surface area contributed by atoms with E-state index in [0.29, 0.717) is 29.6 Å². The van der Waals surface area contributed by atoms with E-state index in [4.69, 9.17) is 14.6 Å². The molecule has 0 saturated carbocycles. The van der Waals surface area contributed by atoms with Gasteiger partial charge in [-0.1, -0.05) is 62.4 Å². The van der Waals surface area contributed by atoms with Crippen molar-refractivity contribution in [3.63, 3.8) is 0 Å². The van der Waals surface area contributed by atoms with Crippen molar-refractivity contribution in [2.45, 2.75) is 20.4 Å². The summed E-state index contributed by atoms with van der Waals surface area (Å²) in [7, 11) is 3.40. The van der Waals surface area contributed by atoms with E-state index < -0.39 is 5.82 Å². The molecule has 0 unspecified atom stereocenters. The van der Waals surface area contributed by atoms with Crippen LogP contribution in [0, 0.1) is 11.7 Å². The average molecular weight is 488 g/mol. The molecular weight excluding hydrogens is 457 g/mol. The van der Waals surface area contributed by atoms with E-state index in [9.17, 15) is 9.18 Å². The molecule has 0 aliphatic carbocycles. The van der Waals surface area contributed by atoms with E-state index in [2.05, 4.69) is 0 Å². The van der Waals surface area contributed by atoms with E-state index in [0.717, 1.165) is 11.1 Å². The predicted octanol–water partition coefficient (Wildman–Crippen LogP) is 6.33. The lowest BCUT2D eigenvalue weighted by Gasteiger charge is -2.25. The predicted molar refractivity (Wildman–Crippen MR) is 138 cm³/mol. The third-order valence-corrected chi connectivity index (χ3v) is 5.72. The van der Waals surface area contributed by atoms with Crippen molar-refractivity contribution in [2.75, 3.05) is 13.7 Å². The maximum atomic E-state index is 14.6. The van der Waals surface area contributed by atoms with Crippen LogP contribution < -0.4 is 9.47 Å². The summed E-state index contributed by atoms with van der Waals surface area (Å²) < 4.78 is 27.9. The first kappa shape index (κ1) is 25.0. The molecule has 3 aromatic carbocycles. The maximum absolute atomic E-state index is 14.6. The summed E-state index contributed by atoms with van der Waals surface area (Å²) in [5.74, 6) is 0.984. The number of carbonyl (C=O) groups excluding carboxylic acids is 1. The molecule has 0 atom stereocenters. The van der Waals surface area contributed by atoms with Gasteiger partial charge in [0, 0.05) is 25.2 Å². The van der Waals surface area contributed by atoms with Gasteiger partial charge in [0.2, 0.25) is 5.88 Å². The Balaban J connectivity index is 1.80. The van der Waals surface area contributed by atoms with Gasteiger partial charge in [0.15, 0.2) is 0 Å². The molecule has 0 bridgehead atoms. The number of methoxy groups -OCH3 is 1. The molecule has 0 aliphatic heterocycles. The second-order valence-electron chi connectivity index (χ2n) is 8.96. The Bertz CT molecular complexity index is 1330. The second-order valence-corrected chi connectivity index (χ2v) is 8.96. The lowest BCUT2D eigenvalue weighted by Crippen LogP contribution is -2.34. The highest BCUT2D eigenvalue weighted by molar-refractivity contribution is 5.94. The minimum absolute atomic E-state index is 0.0403. The van der Waals surface area contributed by atoms with Crippen LogP contribution in [0.1, 0.15) is 29.8 Å². The molecule has 0 spiro atoms. The molecule has 0 aliphatic rings. The number of hydrogen-bond acceptors (Lipinski definition) is 4. The normalized spacial score (nSPS) is 10.9. The lowest BCUT2D eigenvalue weighted by molar-refractivity contribution is 0.0717. The molecule has 0 N–H and O–H groups in total. The number of halogens is 1. The zero-order chi connectivity index (χ0) is 25.7. The van der Waals surface area contributed by atoms with Gasteiger partial charge in [-0.2, -0.15) is 5.10 Å². The second kappa shape index (κ2) is 11.1. The zero-order valence-corrected chi connectivity index (χ0v) is 20.9. The van der Waals surface area contributed by atoms with Gasteiger partial charge in [0.05, 0.1) is 24.8 Å². The van der Waals surface area contributed by atoms with Gasteiger partial charge in [-0.15, -0.1) is 0 Å². The number of aryl methyl sites for hydroxylation is 1. The van der Waals surface area contributed by atoms with Gasteiger partial charge in [0.25, 0.3) is 5.91 Å². The Kier molecular flexibility index (Phi) is 7.68. The van der Waals surface area contributed by atoms with Gasteiger partial charge in [-0.25, -0.2) is 9.07 Å². The molecule has 4 rings (SSSR count). The molecular formula is C29H30FN3O3. The SMILES string of the molecule is COc1cccc(Oc2c(CN(CC(C)C)C(=O)c3ccccc3F)c(-c3ccccc3)nn2C)c1. The number of nitrogens with zero attached hydrogens (tertiary/aromatic N) is 3. The van der Waals surface area contributed by atoms with Crippen LogP contribution in [-0.2, 0) is 13.6 Å². The first-order valence-corrected chi connectivity index (χ1v) is 11.8. The van der Waals surface area contributed by atoms with Crippen molar-refractivity contribution >= 4 is 5.91 Å². The minimum atomic E-state index is -0.543. The zero-order valence-electron chi connectivity index (χ0n) is 20.9. The lowest BCUT2D eigenvalue weighted by atomic mass is 10.1. The van der Waals surface area contributed by atoms with E-state index in [1.54, 1.807) is 41.9 Å². The summed E-state index contributed by atoms with van der Waals surface area (Å²) in [6.07, 6.45) is 0. The molecule has 36 heavy (non-hydrogen) atoms. The largest absolute Gasteiger partial charge is 0.497 e. The first-order valence-electron chi connectivity index (χ1n) is 11.8. The summed E-state index contributed by atoms with van der Waals surface area (Å²) in [5.41, 5.74) is 2.37. The Morgan fingerprint density at radius 3 is 2.39 bits per heavy atom. The van der Waals surface area contributed by atoms with Crippen LogP contribution in [0.2, 0.25) is 0 Å². The smallest absolute Gasteiger partial charge is 0.257 e. The molecule has 1 amide bonds. The molecule has 0 saturated heterocycles. The summed E-state index contributed by atoms with van der Waals surface area (Å²) in [6, 6.07) is 23.1. The Morgan fingerprint density at radius 1 is 1.00 bits per heavy atom. The van der Waals surface area contributed by atoms with E-state index in [-0.39, 0.29) is 23.9 Å². The fourth-order valence-electron chi connectivity index (χ4n) is 4.08. The van der Waals surface area contributed by atoms with E-state index >= 15 is 0 Å². The third kappa shape index (κ3) is 5.57. The standard InChI is InChI=1S/C29H30FN3O3/c1-20(2)18-33(28(34)24-15-8-9-16-26(24)30)19-25-27(21-11-6-5-7-12-21)31-32(3)29(25)36-23-14-10-13-22(17-23)35-4/h5-17,20H,18-19H2,1-4H3. The van der Waals surface area contributed by atoms with Crippen LogP contribution in [0.4, 0.5) is 4.39 Å². The number of amides is 1. The number of ether oxygens (including phenoxy) is 2. The minimum Gasteiger partial charge on any atom is -0.497 e. The summed E-state index contributed by atoms with van der Waals surface area (Å²) in [5, 5.41) is 4.75. The summed E-state index contributed by atoms with van der Waals surface area (Å²) in [4.78, 5) is 15.2. The number of carbonyl (C=O) groups is 1. The molecule has 186 valence electrons. The quantitative estimate of drug-likeness (QED) is 0.277. The van der Waals surface area contributed by atoms with Crippen LogP contribution in [0.15, 0.2) is 78.9 Å². The number of benzene rings is 3. The molecule has 0 fully saturated rings. The monoisotopic (exact) mass is 487 g/mol. The van der Waals surface area contributed by atoms with Gasteiger partial charge >= 0.3 is 0 Å². The summed E-state index contributed by atoms with van der Waals surface area (Å²) >= 11 is 0. The average Bonchev–Trinajstić information content (AvgIpc) is 3.18. The summed E-state index contributed by atoms with van der Waals surface area (Å²) in [6.45, 7) is 4.69. The van der Waals surface area contributed by atoms with Crippen LogP contribution in [-0.4, -0.2) is 34.2 Å². The fourth-order valence-corrected chi connectivity index (χ4v) is 4.08. The van der Waals surface area contributed by atoms with Gasteiger partial charge in [-0.05, 0) is 30.2 Å². The van der Waals surface area contributed by atoms with Crippen molar-refractivity contribution < 1.29 is 18.7 Å². The number of aromatic nitrogens is 2. The van der Waals surface area contributed by atoms with Crippen molar-refractivity contribution in [1.82, 2.24) is 14.7 Å². The Morgan fingerprint density at radius 2 is 1.69 bits per heavy atom. The van der Waals surface area contributed by atoms with Crippen LogP contribution in [0.5, 0.6) is 17.4 Å². The fraction of sp³-hybridized carbons (Fsp3) is 0.241. The highest BCUT2D eigenvalue weighted by Crippen LogP contribution is 2.35. The third-order valence-electron chi connectivity index (χ3n) is 5.72. The number of rotatable bonds is 9. The highest BCUT2D eigenvalue weighted by Gasteiger charge is 2.26. The molecule has 7 heteroatoms. The molecule has 0 radical (unpaired) electrons. The number of hydrogen-bond donors (Lipinski definition) is 0. The molecule has 1 aromatic heterocycles. The Labute approximate surface area is 210 Å². The van der Waals surface area contributed by atoms with Gasteiger partial charge in [-0.3, -0.25) is 4.79 Å². The molecule has 1 heterocycles. The van der Waals surface area contributed by atoms with E-state index in [1.807, 2.05) is 62.4 Å². The van der Waals surface area contributed by atoms with Crippen molar-refractivity contribution in [3.05, 3.63) is 95.8 Å². The van der Waals surface area contributed by atoms with Crippen molar-refractivity contribution in [2.24, 2.45) is 13.0 Å². The van der Waals surface area contributed by atoms with Crippen molar-refractivity contribution in [3.8, 4) is 28.6 Å².